The molecular formula is C15H24F3N5O2S. The van der Waals surface area contributed by atoms with Crippen LogP contribution in [0.15, 0.2) is 6.07 Å². The molecule has 1 fully saturated rings. The lowest BCUT2D eigenvalue weighted by Crippen LogP contribution is -2.44. The van der Waals surface area contributed by atoms with Crippen molar-refractivity contribution >= 4 is 16.0 Å². The van der Waals surface area contributed by atoms with Gasteiger partial charge in [-0.1, -0.05) is 0 Å². The van der Waals surface area contributed by atoms with Crippen molar-refractivity contribution < 1.29 is 21.6 Å². The summed E-state index contributed by atoms with van der Waals surface area (Å²) in [6, 6.07) is -0.239. The third-order valence-corrected chi connectivity index (χ3v) is 7.00. The molecule has 0 bridgehead atoms. The van der Waals surface area contributed by atoms with Crippen molar-refractivity contribution in [3.63, 3.8) is 0 Å². The molecule has 148 valence electrons. The first-order chi connectivity index (χ1) is 12.0. The second kappa shape index (κ2) is 6.68. The van der Waals surface area contributed by atoms with Crippen LogP contribution in [-0.2, 0) is 10.2 Å². The first kappa shape index (κ1) is 19.4. The summed E-state index contributed by atoms with van der Waals surface area (Å²) in [4.78, 5) is 0. The molecule has 1 aromatic heterocycles. The van der Waals surface area contributed by atoms with Crippen LogP contribution in [0.1, 0.15) is 43.8 Å². The summed E-state index contributed by atoms with van der Waals surface area (Å²) in [7, 11) is -0.501. The SMILES string of the molecule is C[C@@H]1C[C@H](C(F)(F)F)n2nc(C3CCN(S(=O)(=O)N(C)C)CC3)cc2N1. The maximum atomic E-state index is 13.3. The molecule has 2 aliphatic rings. The molecule has 3 rings (SSSR count). The maximum absolute atomic E-state index is 13.3. The molecule has 3 heterocycles. The van der Waals surface area contributed by atoms with Crippen molar-refractivity contribution in [2.24, 2.45) is 0 Å². The lowest BCUT2D eigenvalue weighted by Gasteiger charge is -2.32. The van der Waals surface area contributed by atoms with Crippen LogP contribution in [0.5, 0.6) is 0 Å². The monoisotopic (exact) mass is 395 g/mol. The molecule has 1 saturated heterocycles. The van der Waals surface area contributed by atoms with E-state index in [9.17, 15) is 21.6 Å². The zero-order valence-corrected chi connectivity index (χ0v) is 15.8. The molecule has 1 aromatic rings. The van der Waals surface area contributed by atoms with Gasteiger partial charge in [-0.2, -0.15) is 35.3 Å². The fourth-order valence-electron chi connectivity index (χ4n) is 3.59. The second-order valence-corrected chi connectivity index (χ2v) is 9.34. The Morgan fingerprint density at radius 3 is 2.42 bits per heavy atom. The number of fused-ring (bicyclic) bond motifs is 1. The van der Waals surface area contributed by atoms with Crippen LogP contribution in [0.25, 0.3) is 0 Å². The number of halogens is 3. The molecule has 7 nitrogen and oxygen atoms in total. The molecule has 0 spiro atoms. The summed E-state index contributed by atoms with van der Waals surface area (Å²) < 4.78 is 68.0. The third-order valence-electron chi connectivity index (χ3n) is 5.06. The highest BCUT2D eigenvalue weighted by atomic mass is 32.2. The minimum absolute atomic E-state index is 0.0484. The van der Waals surface area contributed by atoms with Crippen molar-refractivity contribution in [2.75, 3.05) is 32.5 Å². The molecular weight excluding hydrogens is 371 g/mol. The molecule has 0 aliphatic carbocycles. The van der Waals surface area contributed by atoms with E-state index in [1.807, 2.05) is 0 Å². The van der Waals surface area contributed by atoms with Gasteiger partial charge in [0.1, 0.15) is 5.82 Å². The van der Waals surface area contributed by atoms with Crippen LogP contribution >= 0.6 is 0 Å². The van der Waals surface area contributed by atoms with E-state index in [0.717, 1.165) is 4.68 Å². The normalized spacial score (nSPS) is 26.0. The molecule has 0 aromatic carbocycles. The van der Waals surface area contributed by atoms with Gasteiger partial charge < -0.3 is 5.32 Å². The quantitative estimate of drug-likeness (QED) is 0.852. The van der Waals surface area contributed by atoms with Crippen molar-refractivity contribution in [1.82, 2.24) is 18.4 Å². The largest absolute Gasteiger partial charge is 0.410 e. The average Bonchev–Trinajstić information content (AvgIpc) is 2.96. The maximum Gasteiger partial charge on any atom is 0.410 e. The molecule has 26 heavy (non-hydrogen) atoms. The number of nitrogens with one attached hydrogen (secondary N) is 1. The first-order valence-electron chi connectivity index (χ1n) is 8.60. The van der Waals surface area contributed by atoms with E-state index in [-0.39, 0.29) is 18.4 Å². The van der Waals surface area contributed by atoms with Gasteiger partial charge in [0.05, 0.1) is 5.69 Å². The van der Waals surface area contributed by atoms with Crippen LogP contribution in [-0.4, -0.2) is 66.2 Å². The van der Waals surface area contributed by atoms with E-state index in [2.05, 4.69) is 10.4 Å². The number of hydrogen-bond donors (Lipinski definition) is 1. The molecule has 2 aliphatic heterocycles. The lowest BCUT2D eigenvalue weighted by atomic mass is 9.95. The number of piperidine rings is 1. The first-order valence-corrected chi connectivity index (χ1v) is 10.00. The smallest absolute Gasteiger partial charge is 0.368 e. The summed E-state index contributed by atoms with van der Waals surface area (Å²) >= 11 is 0. The lowest BCUT2D eigenvalue weighted by molar-refractivity contribution is -0.173. The highest BCUT2D eigenvalue weighted by molar-refractivity contribution is 7.86. The van der Waals surface area contributed by atoms with Gasteiger partial charge in [0, 0.05) is 45.2 Å². The Labute approximate surface area is 151 Å². The predicted octanol–water partition coefficient (Wildman–Crippen LogP) is 2.18. The van der Waals surface area contributed by atoms with E-state index in [1.54, 1.807) is 13.0 Å². The number of hydrogen-bond acceptors (Lipinski definition) is 4. The summed E-state index contributed by atoms with van der Waals surface area (Å²) in [6.07, 6.45) is -3.33. The van der Waals surface area contributed by atoms with E-state index in [4.69, 9.17) is 0 Å². The summed E-state index contributed by atoms with van der Waals surface area (Å²) in [5, 5.41) is 7.29. The third kappa shape index (κ3) is 3.56. The standard InChI is InChI=1S/C15H24F3N5O2S/c1-10-8-13(15(16,17)18)23-14(19-10)9-12(20-23)11-4-6-22(7-5-11)26(24,25)21(2)3/h9-11,13,19H,4-8H2,1-3H3/t10-,13-/m1/s1. The predicted molar refractivity (Wildman–Crippen MR) is 91.2 cm³/mol. The number of nitrogens with zero attached hydrogens (tertiary/aromatic N) is 4. The molecule has 0 amide bonds. The average molecular weight is 395 g/mol. The van der Waals surface area contributed by atoms with Gasteiger partial charge in [-0.25, -0.2) is 4.68 Å². The van der Waals surface area contributed by atoms with Gasteiger partial charge in [0.15, 0.2) is 6.04 Å². The Kier molecular flexibility index (Phi) is 4.99. The van der Waals surface area contributed by atoms with E-state index in [1.165, 1.54) is 22.7 Å². The van der Waals surface area contributed by atoms with E-state index < -0.39 is 22.4 Å². The minimum atomic E-state index is -4.35. The van der Waals surface area contributed by atoms with Gasteiger partial charge in [-0.05, 0) is 26.2 Å². The van der Waals surface area contributed by atoms with Gasteiger partial charge >= 0.3 is 6.18 Å². The Balaban J connectivity index is 1.77. The number of anilines is 1. The second-order valence-electron chi connectivity index (χ2n) is 7.20. The van der Waals surface area contributed by atoms with Crippen molar-refractivity contribution in [3.05, 3.63) is 11.8 Å². The van der Waals surface area contributed by atoms with Gasteiger partial charge in [0.25, 0.3) is 10.2 Å². The zero-order chi connectivity index (χ0) is 19.3. The van der Waals surface area contributed by atoms with Crippen LogP contribution < -0.4 is 5.32 Å². The minimum Gasteiger partial charge on any atom is -0.368 e. The van der Waals surface area contributed by atoms with Crippen LogP contribution in [0, 0.1) is 0 Å². The Morgan fingerprint density at radius 1 is 1.27 bits per heavy atom. The van der Waals surface area contributed by atoms with E-state index >= 15 is 0 Å². The van der Waals surface area contributed by atoms with Gasteiger partial charge in [-0.3, -0.25) is 0 Å². The number of aromatic nitrogens is 2. The summed E-state index contributed by atoms with van der Waals surface area (Å²) in [5.41, 5.74) is 0.595. The van der Waals surface area contributed by atoms with E-state index in [0.29, 0.717) is 37.4 Å². The van der Waals surface area contributed by atoms with Crippen LogP contribution in [0.2, 0.25) is 0 Å². The molecule has 2 atom stereocenters. The van der Waals surface area contributed by atoms with Crippen molar-refractivity contribution in [1.29, 1.82) is 0 Å². The molecule has 1 N–H and O–H groups in total. The topological polar surface area (TPSA) is 70.5 Å². The van der Waals surface area contributed by atoms with Crippen LogP contribution in [0.3, 0.4) is 0 Å². The molecule has 0 radical (unpaired) electrons. The Hall–Kier alpha value is -1.33. The van der Waals surface area contributed by atoms with Gasteiger partial charge in [-0.15, -0.1) is 0 Å². The highest BCUT2D eigenvalue weighted by Gasteiger charge is 2.46. The van der Waals surface area contributed by atoms with Crippen molar-refractivity contribution in [2.45, 2.75) is 50.4 Å². The number of rotatable bonds is 3. The summed E-state index contributed by atoms with van der Waals surface area (Å²) in [5.74, 6) is 0.331. The fourth-order valence-corrected chi connectivity index (χ4v) is 4.72. The Morgan fingerprint density at radius 2 is 1.88 bits per heavy atom. The Bertz CT molecular complexity index is 754. The zero-order valence-electron chi connectivity index (χ0n) is 15.0. The van der Waals surface area contributed by atoms with Crippen LogP contribution in [0.4, 0.5) is 19.0 Å². The molecule has 0 saturated carbocycles. The molecule has 11 heteroatoms. The van der Waals surface area contributed by atoms with Gasteiger partial charge in [0.2, 0.25) is 0 Å². The fraction of sp³-hybridized carbons (Fsp3) is 0.800. The van der Waals surface area contributed by atoms with Crippen molar-refractivity contribution in [3.8, 4) is 0 Å². The summed E-state index contributed by atoms with van der Waals surface area (Å²) in [6.45, 7) is 2.39. The molecule has 0 unspecified atom stereocenters. The highest BCUT2D eigenvalue weighted by Crippen LogP contribution is 2.41. The number of alkyl halides is 3.